The molecule has 0 aliphatic heterocycles. The molecule has 0 saturated carbocycles. The third-order valence-electron chi connectivity index (χ3n) is 4.73. The molecule has 0 aromatic carbocycles. The highest BCUT2D eigenvalue weighted by atomic mass is 14.4. The van der Waals surface area contributed by atoms with Gasteiger partial charge in [0.25, 0.3) is 0 Å². The molecule has 82 valence electrons. The van der Waals surface area contributed by atoms with Crippen LogP contribution in [0, 0.1) is 29.6 Å². The Bertz CT molecular complexity index is 234. The highest BCUT2D eigenvalue weighted by Crippen LogP contribution is 2.44. The van der Waals surface area contributed by atoms with Crippen molar-refractivity contribution in [2.75, 3.05) is 0 Å². The molecular formula is C14H26. The van der Waals surface area contributed by atoms with Gasteiger partial charge in [-0.2, -0.15) is 0 Å². The first kappa shape index (κ1) is 11.8. The minimum atomic E-state index is 0.776. The number of hydrogen-bond acceptors (Lipinski definition) is 0. The van der Waals surface area contributed by atoms with Crippen molar-refractivity contribution in [1.82, 2.24) is 0 Å². The van der Waals surface area contributed by atoms with Crippen LogP contribution in [0.3, 0.4) is 0 Å². The Balaban J connectivity index is 3.04. The van der Waals surface area contributed by atoms with E-state index in [1.165, 1.54) is 0 Å². The quantitative estimate of drug-likeness (QED) is 0.538. The van der Waals surface area contributed by atoms with Gasteiger partial charge >= 0.3 is 0 Å². The Kier molecular flexibility index (Phi) is 3.44. The van der Waals surface area contributed by atoms with E-state index in [1.54, 1.807) is 11.1 Å². The van der Waals surface area contributed by atoms with E-state index < -0.39 is 0 Å². The van der Waals surface area contributed by atoms with Crippen molar-refractivity contribution >= 4 is 0 Å². The average molecular weight is 194 g/mol. The fourth-order valence-electron chi connectivity index (χ4n) is 3.37. The molecule has 0 N–H and O–H groups in total. The van der Waals surface area contributed by atoms with Crippen molar-refractivity contribution < 1.29 is 0 Å². The van der Waals surface area contributed by atoms with Gasteiger partial charge in [-0.05, 0) is 43.4 Å². The predicted octanol–water partition coefficient (Wildman–Crippen LogP) is 4.52. The molecule has 4 atom stereocenters. The topological polar surface area (TPSA) is 0 Å². The first-order valence-electron chi connectivity index (χ1n) is 6.05. The summed E-state index contributed by atoms with van der Waals surface area (Å²) in [6, 6.07) is 0. The van der Waals surface area contributed by atoms with Crippen LogP contribution in [0.1, 0.15) is 48.5 Å². The summed E-state index contributed by atoms with van der Waals surface area (Å²) < 4.78 is 0. The van der Waals surface area contributed by atoms with Gasteiger partial charge in [0, 0.05) is 0 Å². The standard InChI is InChI=1S/C14H26/c1-8(2)14-12(6)10(4)9(3)11(5)13(14)7/h8,10,12-14H,1-7H3. The lowest BCUT2D eigenvalue weighted by Gasteiger charge is -2.43. The second-order valence-electron chi connectivity index (χ2n) is 5.62. The fraction of sp³-hybridized carbons (Fsp3) is 0.857. The minimum absolute atomic E-state index is 0.776. The second kappa shape index (κ2) is 4.08. The van der Waals surface area contributed by atoms with Gasteiger partial charge in [0.2, 0.25) is 0 Å². The Morgan fingerprint density at radius 3 is 1.71 bits per heavy atom. The highest BCUT2D eigenvalue weighted by Gasteiger charge is 2.36. The van der Waals surface area contributed by atoms with Crippen LogP contribution in [-0.4, -0.2) is 0 Å². The molecule has 1 rings (SSSR count). The van der Waals surface area contributed by atoms with E-state index in [4.69, 9.17) is 0 Å². The maximum absolute atomic E-state index is 2.43. The lowest BCUT2D eigenvalue weighted by molar-refractivity contribution is 0.153. The van der Waals surface area contributed by atoms with E-state index >= 15 is 0 Å². The van der Waals surface area contributed by atoms with Crippen LogP contribution < -0.4 is 0 Å². The summed E-state index contributed by atoms with van der Waals surface area (Å²) in [4.78, 5) is 0. The number of allylic oxidation sites excluding steroid dienone is 2. The predicted molar refractivity (Wildman–Crippen MR) is 64.2 cm³/mol. The molecule has 4 unspecified atom stereocenters. The SMILES string of the molecule is CC1=C(C)C(C)C(C(C)C)C(C)C1C. The zero-order valence-corrected chi connectivity index (χ0v) is 10.9. The molecule has 1 aliphatic rings. The first-order valence-corrected chi connectivity index (χ1v) is 6.05. The molecule has 0 spiro atoms. The third-order valence-corrected chi connectivity index (χ3v) is 4.73. The van der Waals surface area contributed by atoms with Crippen LogP contribution in [0.4, 0.5) is 0 Å². The smallest absolute Gasteiger partial charge is 0.0198 e. The van der Waals surface area contributed by atoms with E-state index in [0.717, 1.165) is 29.6 Å². The molecule has 0 aromatic rings. The Morgan fingerprint density at radius 1 is 0.857 bits per heavy atom. The van der Waals surface area contributed by atoms with E-state index in [1.807, 2.05) is 0 Å². The van der Waals surface area contributed by atoms with Crippen molar-refractivity contribution in [1.29, 1.82) is 0 Å². The van der Waals surface area contributed by atoms with Gasteiger partial charge in [-0.25, -0.2) is 0 Å². The Morgan fingerprint density at radius 2 is 1.29 bits per heavy atom. The highest BCUT2D eigenvalue weighted by molar-refractivity contribution is 5.21. The van der Waals surface area contributed by atoms with Crippen molar-refractivity contribution in [3.63, 3.8) is 0 Å². The van der Waals surface area contributed by atoms with E-state index in [0.29, 0.717) is 0 Å². The van der Waals surface area contributed by atoms with Gasteiger partial charge in [0.1, 0.15) is 0 Å². The lowest BCUT2D eigenvalue weighted by Crippen LogP contribution is -2.35. The van der Waals surface area contributed by atoms with Gasteiger partial charge in [0.05, 0.1) is 0 Å². The van der Waals surface area contributed by atoms with Crippen molar-refractivity contribution in [3.8, 4) is 0 Å². The Hall–Kier alpha value is -0.260. The molecular weight excluding hydrogens is 168 g/mol. The van der Waals surface area contributed by atoms with Crippen molar-refractivity contribution in [2.24, 2.45) is 29.6 Å². The molecule has 0 fully saturated rings. The van der Waals surface area contributed by atoms with E-state index in [2.05, 4.69) is 48.5 Å². The summed E-state index contributed by atoms with van der Waals surface area (Å²) in [5.41, 5.74) is 3.29. The summed E-state index contributed by atoms with van der Waals surface area (Å²) in [6.07, 6.45) is 0. The molecule has 0 nitrogen and oxygen atoms in total. The van der Waals surface area contributed by atoms with Gasteiger partial charge in [-0.1, -0.05) is 45.8 Å². The fourth-order valence-corrected chi connectivity index (χ4v) is 3.37. The summed E-state index contributed by atoms with van der Waals surface area (Å²) in [5.74, 6) is 4.08. The summed E-state index contributed by atoms with van der Waals surface area (Å²) in [6.45, 7) is 16.6. The minimum Gasteiger partial charge on any atom is -0.0710 e. The molecule has 1 aliphatic carbocycles. The van der Waals surface area contributed by atoms with Gasteiger partial charge in [-0.3, -0.25) is 0 Å². The maximum atomic E-state index is 2.43. The van der Waals surface area contributed by atoms with Gasteiger partial charge in [0.15, 0.2) is 0 Å². The van der Waals surface area contributed by atoms with Crippen molar-refractivity contribution in [3.05, 3.63) is 11.1 Å². The second-order valence-corrected chi connectivity index (χ2v) is 5.62. The van der Waals surface area contributed by atoms with Gasteiger partial charge < -0.3 is 0 Å². The van der Waals surface area contributed by atoms with Crippen LogP contribution in [0.15, 0.2) is 11.1 Å². The van der Waals surface area contributed by atoms with Crippen LogP contribution >= 0.6 is 0 Å². The van der Waals surface area contributed by atoms with Gasteiger partial charge in [-0.15, -0.1) is 0 Å². The molecule has 0 amide bonds. The average Bonchev–Trinajstić information content (AvgIpc) is 2.11. The zero-order valence-electron chi connectivity index (χ0n) is 10.9. The molecule has 0 radical (unpaired) electrons. The van der Waals surface area contributed by atoms with E-state index in [-0.39, 0.29) is 0 Å². The molecule has 0 aromatic heterocycles. The summed E-state index contributed by atoms with van der Waals surface area (Å²) >= 11 is 0. The normalized spacial score (nSPS) is 39.4. The molecule has 0 bridgehead atoms. The number of hydrogen-bond donors (Lipinski definition) is 0. The lowest BCUT2D eigenvalue weighted by atomic mass is 9.62. The summed E-state index contributed by atoms with van der Waals surface area (Å²) in [5, 5.41) is 0. The van der Waals surface area contributed by atoms with Crippen LogP contribution in [0.5, 0.6) is 0 Å². The van der Waals surface area contributed by atoms with Crippen LogP contribution in [-0.2, 0) is 0 Å². The monoisotopic (exact) mass is 194 g/mol. The third kappa shape index (κ3) is 1.76. The van der Waals surface area contributed by atoms with Crippen LogP contribution in [0.25, 0.3) is 0 Å². The molecule has 14 heavy (non-hydrogen) atoms. The maximum Gasteiger partial charge on any atom is -0.0198 e. The van der Waals surface area contributed by atoms with E-state index in [9.17, 15) is 0 Å². The Labute approximate surface area is 89.8 Å². The molecule has 0 saturated heterocycles. The molecule has 0 heteroatoms. The first-order chi connectivity index (χ1) is 6.37. The number of rotatable bonds is 1. The molecule has 0 heterocycles. The van der Waals surface area contributed by atoms with Crippen molar-refractivity contribution in [2.45, 2.75) is 48.5 Å². The van der Waals surface area contributed by atoms with Crippen LogP contribution in [0.2, 0.25) is 0 Å². The zero-order chi connectivity index (χ0) is 11.0. The largest absolute Gasteiger partial charge is 0.0710 e. The summed E-state index contributed by atoms with van der Waals surface area (Å²) in [7, 11) is 0.